The van der Waals surface area contributed by atoms with E-state index in [9.17, 15) is 33.1 Å². The molecule has 1 aromatic carbocycles. The summed E-state index contributed by atoms with van der Waals surface area (Å²) in [5.41, 5.74) is -1.59. The smallest absolute Gasteiger partial charge is 0.458 e. The van der Waals surface area contributed by atoms with Gasteiger partial charge in [0, 0.05) is 6.42 Å². The van der Waals surface area contributed by atoms with Crippen molar-refractivity contribution in [1.82, 2.24) is 10.1 Å². The number of nitrogens with one attached hydrogen (secondary N) is 2. The molecule has 0 aliphatic carbocycles. The van der Waals surface area contributed by atoms with Gasteiger partial charge in [0.15, 0.2) is 6.10 Å². The molecule has 196 valence electrons. The van der Waals surface area contributed by atoms with Crippen LogP contribution in [0, 0.1) is 0 Å². The molecule has 2 aliphatic heterocycles. The first kappa shape index (κ1) is 26.2. The number of hydrogen-bond acceptors (Lipinski definition) is 9. The van der Waals surface area contributed by atoms with Crippen molar-refractivity contribution in [2.45, 2.75) is 56.3 Å². The Morgan fingerprint density at radius 3 is 2.56 bits per heavy atom. The minimum atomic E-state index is -4.40. The van der Waals surface area contributed by atoms with Crippen molar-refractivity contribution < 1.29 is 51.4 Å². The molecule has 1 aromatic heterocycles. The number of ether oxygens (including phenoxy) is 2. The Kier molecular flexibility index (Phi) is 6.92. The fourth-order valence-corrected chi connectivity index (χ4v) is 5.36. The lowest BCUT2D eigenvalue weighted by atomic mass is 10.0. The van der Waals surface area contributed by atoms with Crippen molar-refractivity contribution in [3.8, 4) is 11.8 Å². The first-order valence-electron chi connectivity index (χ1n) is 10.8. The molecule has 0 spiro atoms. The minimum Gasteiger partial charge on any atom is -0.458 e. The van der Waals surface area contributed by atoms with Crippen LogP contribution >= 0.6 is 7.75 Å². The van der Waals surface area contributed by atoms with Gasteiger partial charge in [-0.05, 0) is 26.0 Å². The van der Waals surface area contributed by atoms with E-state index >= 15 is 0 Å². The van der Waals surface area contributed by atoms with Crippen LogP contribution in [0.2, 0.25) is 0 Å². The Labute approximate surface area is 203 Å². The van der Waals surface area contributed by atoms with Crippen molar-refractivity contribution in [1.29, 1.82) is 0 Å². The number of nitrogens with zero attached hydrogens (tertiary/aromatic N) is 1. The summed E-state index contributed by atoms with van der Waals surface area (Å²) in [4.78, 5) is 25.5. The van der Waals surface area contributed by atoms with Crippen molar-refractivity contribution >= 4 is 13.7 Å². The number of hydrogen-bond donors (Lipinski definition) is 4. The predicted molar refractivity (Wildman–Crippen MR) is 116 cm³/mol. The predicted octanol–water partition coefficient (Wildman–Crippen LogP) is 1.15. The van der Waals surface area contributed by atoms with Gasteiger partial charge in [-0.3, -0.25) is 9.32 Å². The number of aromatic hydroxyl groups is 1. The lowest BCUT2D eigenvalue weighted by Crippen LogP contribution is -2.51. The zero-order valence-corrected chi connectivity index (χ0v) is 20.1. The van der Waals surface area contributed by atoms with Crippen LogP contribution in [0.4, 0.5) is 8.78 Å². The minimum absolute atomic E-state index is 0.101. The fourth-order valence-electron chi connectivity index (χ4n) is 3.86. The summed E-state index contributed by atoms with van der Waals surface area (Å²) in [6.45, 7) is 2.47. The zero-order chi connectivity index (χ0) is 26.3. The molecule has 12 nitrogen and oxygen atoms in total. The summed E-state index contributed by atoms with van der Waals surface area (Å²) in [5.74, 6) is -4.54. The third kappa shape index (κ3) is 5.42. The van der Waals surface area contributed by atoms with Crippen LogP contribution in [0.5, 0.6) is 11.8 Å². The summed E-state index contributed by atoms with van der Waals surface area (Å²) in [5, 5.41) is 22.6. The number of rotatable bonds is 8. The highest BCUT2D eigenvalue weighted by Crippen LogP contribution is 2.48. The van der Waals surface area contributed by atoms with Gasteiger partial charge >= 0.3 is 31.2 Å². The molecule has 0 saturated carbocycles. The number of aliphatic hydroxyl groups is 1. The number of alkyl halides is 2. The van der Waals surface area contributed by atoms with Gasteiger partial charge in [0.1, 0.15) is 29.7 Å². The second-order valence-electron chi connectivity index (χ2n) is 8.95. The molecule has 2 aromatic rings. The van der Waals surface area contributed by atoms with E-state index in [1.807, 2.05) is 4.98 Å². The Balaban J connectivity index is 1.54. The topological polar surface area (TPSA) is 160 Å². The number of esters is 1. The molecule has 5 atom stereocenters. The highest BCUT2D eigenvalue weighted by Gasteiger charge is 2.63. The van der Waals surface area contributed by atoms with Gasteiger partial charge in [-0.1, -0.05) is 18.2 Å². The van der Waals surface area contributed by atoms with Crippen LogP contribution in [-0.4, -0.2) is 57.5 Å². The quantitative estimate of drug-likeness (QED) is 0.221. The molecule has 15 heteroatoms. The van der Waals surface area contributed by atoms with Gasteiger partial charge in [-0.25, -0.2) is 9.36 Å². The largest absolute Gasteiger partial charge is 0.459 e. The van der Waals surface area contributed by atoms with E-state index < -0.39 is 67.9 Å². The summed E-state index contributed by atoms with van der Waals surface area (Å²) in [7, 11) is -4.40. The number of H-pyrrole nitrogens is 1. The molecule has 3 unspecified atom stereocenters. The van der Waals surface area contributed by atoms with Crippen molar-refractivity contribution in [2.24, 2.45) is 0 Å². The number of benzene rings is 1. The zero-order valence-electron chi connectivity index (χ0n) is 19.2. The van der Waals surface area contributed by atoms with E-state index in [1.54, 1.807) is 32.0 Å². The highest BCUT2D eigenvalue weighted by atomic mass is 31.2. The fraction of sp³-hybridized carbons (Fsp3) is 0.476. The van der Waals surface area contributed by atoms with E-state index in [0.29, 0.717) is 4.57 Å². The third-order valence-electron chi connectivity index (χ3n) is 5.55. The average molecular weight is 532 g/mol. The van der Waals surface area contributed by atoms with Crippen LogP contribution in [0.1, 0.15) is 26.5 Å². The highest BCUT2D eigenvalue weighted by molar-refractivity contribution is 7.52. The number of carbonyl (C=O) groups excluding carboxylic acids is 1. The summed E-state index contributed by atoms with van der Waals surface area (Å²) < 4.78 is 65.0. The normalized spacial score (nSPS) is 28.4. The molecule has 2 saturated heterocycles. The van der Waals surface area contributed by atoms with E-state index in [2.05, 4.69) is 5.09 Å². The number of carbonyl (C=O) groups is 1. The van der Waals surface area contributed by atoms with Crippen LogP contribution in [0.25, 0.3) is 0 Å². The molecule has 4 N–H and O–H groups in total. The Bertz CT molecular complexity index is 1230. The van der Waals surface area contributed by atoms with Gasteiger partial charge in [0.25, 0.3) is 6.23 Å². The lowest BCUT2D eigenvalue weighted by molar-refractivity contribution is -0.781. The van der Waals surface area contributed by atoms with Gasteiger partial charge in [-0.15, -0.1) is 0 Å². The Morgan fingerprint density at radius 1 is 1.25 bits per heavy atom. The lowest BCUT2D eigenvalue weighted by Gasteiger charge is -2.24. The monoisotopic (exact) mass is 532 g/mol. The average Bonchev–Trinajstić information content (AvgIpc) is 3.17. The standard InChI is InChI=1S/C21H24F2N3O9P/c1-20(2)10-13(17(29)34-20)25-36(31,35-12-6-4-3-5-7-12)32-11-14-16(28)21(22,23)18(33-14)26-9-8-15(27)24-19(26)30/h3-9,13-14,16,18,28H,10-11H2,1-2H3,(H2,24,25,27,30,31)/p+1/t13?,14?,16-,18-,36?/m1/s1. The number of aromatic amines is 1. The SMILES string of the molecule is CC1(C)CC(NP(=O)(OCC2O[C@@H]([n+]3ccc(=O)[nH]c3O)C(F)(F)[C@@H]2O)Oc2ccccc2)C(=O)O1. The molecule has 0 amide bonds. The summed E-state index contributed by atoms with van der Waals surface area (Å²) in [6, 6.07) is 6.67. The van der Waals surface area contributed by atoms with E-state index in [1.165, 1.54) is 12.1 Å². The van der Waals surface area contributed by atoms with Gasteiger partial charge in [-0.2, -0.15) is 23.4 Å². The van der Waals surface area contributed by atoms with Gasteiger partial charge in [0.2, 0.25) is 0 Å². The third-order valence-corrected chi connectivity index (χ3v) is 7.11. The molecule has 2 fully saturated rings. The summed E-state index contributed by atoms with van der Waals surface area (Å²) in [6.07, 6.45) is -5.40. The summed E-state index contributed by atoms with van der Waals surface area (Å²) >= 11 is 0. The van der Waals surface area contributed by atoms with Gasteiger partial charge in [0.05, 0.1) is 12.7 Å². The van der Waals surface area contributed by atoms with Crippen molar-refractivity contribution in [3.05, 3.63) is 52.9 Å². The van der Waals surface area contributed by atoms with Crippen molar-refractivity contribution in [3.63, 3.8) is 0 Å². The molecule has 2 aliphatic rings. The molecule has 0 radical (unpaired) electrons. The van der Waals surface area contributed by atoms with Crippen LogP contribution < -0.4 is 19.7 Å². The molecule has 3 heterocycles. The molecule has 36 heavy (non-hydrogen) atoms. The second kappa shape index (κ2) is 9.52. The Hall–Kier alpha value is -2.90. The maximum Gasteiger partial charge on any atom is 0.459 e. The second-order valence-corrected chi connectivity index (χ2v) is 10.6. The Morgan fingerprint density at radius 2 is 1.94 bits per heavy atom. The molecular formula is C21H25F2N3O9P+. The number of halogens is 2. The maximum atomic E-state index is 14.8. The molecule has 0 bridgehead atoms. The van der Waals surface area contributed by atoms with Crippen molar-refractivity contribution in [2.75, 3.05) is 6.61 Å². The number of para-hydroxylation sites is 1. The number of aromatic nitrogens is 2. The van der Waals surface area contributed by atoms with Crippen LogP contribution in [0.15, 0.2) is 47.4 Å². The van der Waals surface area contributed by atoms with Crippen LogP contribution in [-0.2, 0) is 23.4 Å². The van der Waals surface area contributed by atoms with E-state index in [4.69, 9.17) is 18.5 Å². The molecular weight excluding hydrogens is 507 g/mol. The number of cyclic esters (lactones) is 1. The van der Waals surface area contributed by atoms with Gasteiger partial charge < -0.3 is 24.2 Å². The van der Waals surface area contributed by atoms with E-state index in [-0.39, 0.29) is 12.2 Å². The molecule has 4 rings (SSSR count). The first-order valence-corrected chi connectivity index (χ1v) is 12.4. The maximum absolute atomic E-state index is 14.8. The number of aliphatic hydroxyl groups excluding tert-OH is 1. The van der Waals surface area contributed by atoms with E-state index in [0.717, 1.165) is 12.3 Å². The van der Waals surface area contributed by atoms with Crippen LogP contribution in [0.3, 0.4) is 0 Å². The first-order chi connectivity index (χ1) is 16.8.